The Labute approximate surface area is 103 Å². The van der Waals surface area contributed by atoms with Crippen molar-refractivity contribution in [2.45, 2.75) is 5.92 Å². The summed E-state index contributed by atoms with van der Waals surface area (Å²) >= 11 is 2.79. The van der Waals surface area contributed by atoms with Crippen molar-refractivity contribution in [3.05, 3.63) is 35.4 Å². The van der Waals surface area contributed by atoms with Crippen LogP contribution in [0.4, 0.5) is 17.6 Å². The number of hydrogen-bond donors (Lipinski definition) is 1. The lowest BCUT2D eigenvalue weighted by Gasteiger charge is -2.17. The molecule has 0 spiro atoms. The molecule has 0 heterocycles. The van der Waals surface area contributed by atoms with Gasteiger partial charge in [0.1, 0.15) is 11.6 Å². The van der Waals surface area contributed by atoms with E-state index in [9.17, 15) is 22.4 Å². The van der Waals surface area contributed by atoms with E-state index in [1.807, 2.05) is 5.32 Å². The maximum atomic E-state index is 13.4. The minimum Gasteiger partial charge on any atom is -0.349 e. The van der Waals surface area contributed by atoms with Crippen molar-refractivity contribution in [1.82, 2.24) is 5.32 Å². The monoisotopic (exact) mass is 313 g/mol. The van der Waals surface area contributed by atoms with Crippen molar-refractivity contribution in [1.29, 1.82) is 0 Å². The molecule has 0 aliphatic carbocycles. The van der Waals surface area contributed by atoms with Crippen LogP contribution in [0.15, 0.2) is 18.2 Å². The molecule has 0 aromatic heterocycles. The first-order valence-electron chi connectivity index (χ1n) is 4.52. The number of amides is 1. The molecule has 2 nitrogen and oxygen atoms in total. The van der Waals surface area contributed by atoms with E-state index >= 15 is 0 Å². The molecule has 0 aliphatic rings. The highest BCUT2D eigenvalue weighted by molar-refractivity contribution is 9.09. The topological polar surface area (TPSA) is 29.1 Å². The minimum absolute atomic E-state index is 0.124. The highest BCUT2D eigenvalue weighted by Crippen LogP contribution is 2.28. The summed E-state index contributed by atoms with van der Waals surface area (Å²) in [6.07, 6.45) is 0. The average molecular weight is 314 g/mol. The molecule has 0 fully saturated rings. The van der Waals surface area contributed by atoms with E-state index in [1.165, 1.54) is 0 Å². The van der Waals surface area contributed by atoms with E-state index in [-0.39, 0.29) is 5.33 Å². The van der Waals surface area contributed by atoms with E-state index in [0.717, 1.165) is 0 Å². The van der Waals surface area contributed by atoms with Crippen LogP contribution in [0.1, 0.15) is 5.56 Å². The van der Waals surface area contributed by atoms with Crippen molar-refractivity contribution in [2.75, 3.05) is 11.9 Å². The van der Waals surface area contributed by atoms with Crippen LogP contribution in [0.25, 0.3) is 0 Å². The lowest BCUT2D eigenvalue weighted by atomic mass is 10.1. The van der Waals surface area contributed by atoms with Gasteiger partial charge in [-0.3, -0.25) is 4.79 Å². The van der Waals surface area contributed by atoms with Gasteiger partial charge in [0.15, 0.2) is 0 Å². The number of alkyl halides is 3. The summed E-state index contributed by atoms with van der Waals surface area (Å²) in [6, 6.07) is 1.56. The number of carbonyl (C=O) groups excluding carboxylic acids is 1. The zero-order chi connectivity index (χ0) is 13.1. The second-order valence-electron chi connectivity index (χ2n) is 3.27. The lowest BCUT2D eigenvalue weighted by Crippen LogP contribution is -2.35. The number of nitrogens with one attached hydrogen (secondary N) is 1. The molecule has 0 aliphatic heterocycles. The SMILES string of the molecule is O=C(CBr)NCC(F)(F)c1cc(F)cc(F)c1. The van der Waals surface area contributed by atoms with Crippen LogP contribution in [0, 0.1) is 11.6 Å². The number of benzene rings is 1. The third kappa shape index (κ3) is 3.99. The Kier molecular flexibility index (Phi) is 4.50. The highest BCUT2D eigenvalue weighted by Gasteiger charge is 2.32. The zero-order valence-corrected chi connectivity index (χ0v) is 10.0. The standard InChI is InChI=1S/C10H8BrF4NO/c11-4-9(17)16-5-10(14,15)6-1-7(12)3-8(13)2-6/h1-3H,4-5H2,(H,16,17). The van der Waals surface area contributed by atoms with E-state index in [2.05, 4.69) is 15.9 Å². The normalized spacial score (nSPS) is 11.4. The van der Waals surface area contributed by atoms with Gasteiger partial charge < -0.3 is 5.32 Å². The van der Waals surface area contributed by atoms with Gasteiger partial charge in [0.2, 0.25) is 5.91 Å². The van der Waals surface area contributed by atoms with Crippen LogP contribution in [-0.4, -0.2) is 17.8 Å². The van der Waals surface area contributed by atoms with E-state index in [1.54, 1.807) is 0 Å². The Morgan fingerprint density at radius 1 is 1.24 bits per heavy atom. The maximum Gasteiger partial charge on any atom is 0.290 e. The Bertz CT molecular complexity index is 405. The smallest absolute Gasteiger partial charge is 0.290 e. The van der Waals surface area contributed by atoms with Crippen LogP contribution in [-0.2, 0) is 10.7 Å². The fourth-order valence-corrected chi connectivity index (χ4v) is 1.32. The molecule has 0 radical (unpaired) electrons. The summed E-state index contributed by atoms with van der Waals surface area (Å²) in [5.74, 6) is -6.35. The third-order valence-corrected chi connectivity index (χ3v) is 2.42. The number of carbonyl (C=O) groups is 1. The number of rotatable bonds is 4. The summed E-state index contributed by atoms with van der Waals surface area (Å²) in [4.78, 5) is 10.8. The largest absolute Gasteiger partial charge is 0.349 e. The predicted molar refractivity (Wildman–Crippen MR) is 57.1 cm³/mol. The molecule has 1 amide bonds. The number of halogens is 5. The first kappa shape index (κ1) is 14.0. The quantitative estimate of drug-likeness (QED) is 0.672. The molecule has 17 heavy (non-hydrogen) atoms. The summed E-state index contributed by atoms with van der Waals surface area (Å²) < 4.78 is 52.4. The van der Waals surface area contributed by atoms with Crippen molar-refractivity contribution in [3.8, 4) is 0 Å². The van der Waals surface area contributed by atoms with Crippen LogP contribution >= 0.6 is 15.9 Å². The fraction of sp³-hybridized carbons (Fsp3) is 0.300. The third-order valence-electron chi connectivity index (χ3n) is 1.91. The Morgan fingerprint density at radius 2 is 1.76 bits per heavy atom. The Morgan fingerprint density at radius 3 is 2.24 bits per heavy atom. The van der Waals surface area contributed by atoms with Gasteiger partial charge in [-0.2, -0.15) is 8.78 Å². The molecule has 1 aromatic rings. The number of hydrogen-bond acceptors (Lipinski definition) is 1. The molecule has 1 aromatic carbocycles. The average Bonchev–Trinajstić information content (AvgIpc) is 2.24. The van der Waals surface area contributed by atoms with Gasteiger partial charge in [0.05, 0.1) is 11.9 Å². The molecule has 7 heteroatoms. The molecule has 1 rings (SSSR count). The van der Waals surface area contributed by atoms with E-state index in [0.29, 0.717) is 18.2 Å². The Balaban J connectivity index is 2.84. The molecule has 94 valence electrons. The van der Waals surface area contributed by atoms with E-state index in [4.69, 9.17) is 0 Å². The predicted octanol–water partition coefficient (Wildman–Crippen LogP) is 2.57. The molecular formula is C10H8BrF4NO. The summed E-state index contributed by atoms with van der Waals surface area (Å²) in [5, 5.41) is 1.80. The van der Waals surface area contributed by atoms with Gasteiger partial charge in [0, 0.05) is 11.6 Å². The van der Waals surface area contributed by atoms with Gasteiger partial charge in [-0.05, 0) is 12.1 Å². The summed E-state index contributed by atoms with van der Waals surface area (Å²) in [6.45, 7) is -1.01. The van der Waals surface area contributed by atoms with Crippen molar-refractivity contribution in [2.24, 2.45) is 0 Å². The molecular weight excluding hydrogens is 306 g/mol. The first-order valence-corrected chi connectivity index (χ1v) is 5.64. The zero-order valence-electron chi connectivity index (χ0n) is 8.44. The van der Waals surface area contributed by atoms with Gasteiger partial charge in [-0.1, -0.05) is 15.9 Å². The highest BCUT2D eigenvalue weighted by atomic mass is 79.9. The lowest BCUT2D eigenvalue weighted by molar-refractivity contribution is -0.120. The van der Waals surface area contributed by atoms with Gasteiger partial charge in [-0.25, -0.2) is 8.78 Å². The molecule has 0 saturated heterocycles. The molecule has 0 saturated carbocycles. The van der Waals surface area contributed by atoms with Crippen LogP contribution in [0.3, 0.4) is 0 Å². The van der Waals surface area contributed by atoms with E-state index < -0.39 is 35.6 Å². The Hall–Kier alpha value is -1.11. The van der Waals surface area contributed by atoms with Gasteiger partial charge >= 0.3 is 0 Å². The summed E-state index contributed by atoms with van der Waals surface area (Å²) in [5.41, 5.74) is -0.815. The fourth-order valence-electron chi connectivity index (χ4n) is 1.12. The second kappa shape index (κ2) is 5.48. The van der Waals surface area contributed by atoms with Crippen molar-refractivity contribution in [3.63, 3.8) is 0 Å². The van der Waals surface area contributed by atoms with Crippen molar-refractivity contribution >= 4 is 21.8 Å². The molecule has 0 atom stereocenters. The molecule has 0 bridgehead atoms. The van der Waals surface area contributed by atoms with Crippen molar-refractivity contribution < 1.29 is 22.4 Å². The van der Waals surface area contributed by atoms with Crippen LogP contribution < -0.4 is 5.32 Å². The van der Waals surface area contributed by atoms with Crippen LogP contribution in [0.5, 0.6) is 0 Å². The first-order chi connectivity index (χ1) is 7.85. The minimum atomic E-state index is -3.53. The van der Waals surface area contributed by atoms with Gasteiger partial charge in [0.25, 0.3) is 5.92 Å². The van der Waals surface area contributed by atoms with Crippen LogP contribution in [0.2, 0.25) is 0 Å². The molecule has 0 unspecified atom stereocenters. The second-order valence-corrected chi connectivity index (χ2v) is 3.83. The maximum absolute atomic E-state index is 13.4. The molecule has 1 N–H and O–H groups in total. The summed E-state index contributed by atoms with van der Waals surface area (Å²) in [7, 11) is 0. The van der Waals surface area contributed by atoms with Gasteiger partial charge in [-0.15, -0.1) is 0 Å².